The third kappa shape index (κ3) is 4.40. The molecular weight excluding hydrogens is 617 g/mol. The second kappa shape index (κ2) is 11.4. The Bertz CT molecular complexity index is 2850. The lowest BCUT2D eigenvalue weighted by atomic mass is 9.76. The van der Waals surface area contributed by atoms with E-state index in [0.717, 1.165) is 16.6 Å². The average Bonchev–Trinajstić information content (AvgIpc) is 3.55. The van der Waals surface area contributed by atoms with Gasteiger partial charge in [0.25, 0.3) is 0 Å². The van der Waals surface area contributed by atoms with Crippen LogP contribution in [0.2, 0.25) is 0 Å². The minimum Gasteiger partial charge on any atom is -0.456 e. The lowest BCUT2D eigenvalue weighted by molar-refractivity contribution is 0.669. The van der Waals surface area contributed by atoms with Gasteiger partial charge in [-0.25, -0.2) is 0 Å². The van der Waals surface area contributed by atoms with Gasteiger partial charge in [0.1, 0.15) is 11.2 Å². The fourth-order valence-corrected chi connectivity index (χ4v) is 8.99. The molecule has 0 aliphatic heterocycles. The van der Waals surface area contributed by atoms with Crippen LogP contribution in [0, 0.1) is 55.4 Å². The second-order valence-corrected chi connectivity index (χ2v) is 14.6. The molecule has 1 heterocycles. The van der Waals surface area contributed by atoms with Crippen LogP contribution in [-0.4, -0.2) is 0 Å². The van der Waals surface area contributed by atoms with Gasteiger partial charge in [-0.1, -0.05) is 91.0 Å². The summed E-state index contributed by atoms with van der Waals surface area (Å²) in [4.78, 5) is 0. The molecule has 1 nitrogen and oxygen atoms in total. The fourth-order valence-electron chi connectivity index (χ4n) is 8.99. The Balaban J connectivity index is 1.53. The van der Waals surface area contributed by atoms with Crippen molar-refractivity contribution in [2.75, 3.05) is 0 Å². The monoisotopic (exact) mass is 658 g/mol. The molecule has 0 aliphatic carbocycles. The molecule has 0 spiro atoms. The Morgan fingerprint density at radius 1 is 0.333 bits per heavy atom. The number of hydrogen-bond acceptors (Lipinski definition) is 1. The molecule has 0 radical (unpaired) electrons. The Hall–Kier alpha value is -5.66. The van der Waals surface area contributed by atoms with E-state index in [1.54, 1.807) is 0 Å². The fraction of sp³-hybridized carbons (Fsp3) is 0.160. The van der Waals surface area contributed by atoms with Crippen LogP contribution in [-0.2, 0) is 0 Å². The summed E-state index contributed by atoms with van der Waals surface area (Å²) >= 11 is 0. The Morgan fingerprint density at radius 2 is 0.804 bits per heavy atom. The summed E-state index contributed by atoms with van der Waals surface area (Å²) in [7, 11) is 0. The molecule has 9 rings (SSSR count). The summed E-state index contributed by atoms with van der Waals surface area (Å²) in [5, 5.41) is 10.3. The summed E-state index contributed by atoms with van der Waals surface area (Å²) < 4.78 is 6.51. The van der Waals surface area contributed by atoms with Crippen molar-refractivity contribution in [3.63, 3.8) is 0 Å². The second-order valence-electron chi connectivity index (χ2n) is 14.6. The number of furan rings is 1. The van der Waals surface area contributed by atoms with E-state index in [-0.39, 0.29) is 0 Å². The summed E-state index contributed by atoms with van der Waals surface area (Å²) in [6.45, 7) is 18.6. The van der Waals surface area contributed by atoms with Crippen molar-refractivity contribution >= 4 is 54.3 Å². The average molecular weight is 659 g/mol. The topological polar surface area (TPSA) is 13.1 Å². The molecule has 0 unspecified atom stereocenters. The Labute approximate surface area is 300 Å². The van der Waals surface area contributed by atoms with Crippen molar-refractivity contribution < 1.29 is 4.42 Å². The van der Waals surface area contributed by atoms with E-state index in [9.17, 15) is 0 Å². The first-order valence-electron chi connectivity index (χ1n) is 18.1. The third-order valence-electron chi connectivity index (χ3n) is 12.3. The largest absolute Gasteiger partial charge is 0.456 e. The van der Waals surface area contributed by atoms with E-state index in [4.69, 9.17) is 4.42 Å². The zero-order valence-electron chi connectivity index (χ0n) is 30.8. The molecule has 51 heavy (non-hydrogen) atoms. The number of hydrogen-bond donors (Lipinski definition) is 0. The molecule has 0 atom stereocenters. The maximum absolute atomic E-state index is 6.51. The molecule has 1 heteroatoms. The van der Waals surface area contributed by atoms with E-state index in [2.05, 4.69) is 165 Å². The SMILES string of the molecule is Cc1c(C)c(C)c2c(-c3cccc4oc5ccccc5c34)c3c(C)c(C)c(C)c(C)c3c(-c3cccc(-c4cccc5ccccc45)c3)c2c1C. The van der Waals surface area contributed by atoms with Crippen LogP contribution in [0.25, 0.3) is 87.6 Å². The number of rotatable bonds is 3. The van der Waals surface area contributed by atoms with Crippen LogP contribution in [0.4, 0.5) is 0 Å². The molecule has 0 saturated heterocycles. The summed E-state index contributed by atoms with van der Waals surface area (Å²) in [6, 6.07) is 39.8. The lowest BCUT2D eigenvalue weighted by Gasteiger charge is -2.27. The van der Waals surface area contributed by atoms with Gasteiger partial charge in [-0.3, -0.25) is 0 Å². The first-order chi connectivity index (χ1) is 24.7. The molecule has 248 valence electrons. The Kier molecular flexibility index (Phi) is 7.03. The van der Waals surface area contributed by atoms with Crippen LogP contribution in [0.15, 0.2) is 114 Å². The van der Waals surface area contributed by atoms with Gasteiger partial charge >= 0.3 is 0 Å². The standard InChI is InChI=1S/C50H42O/c1-27-29(3)33(7)46-44(31(27)5)48(37-19-13-18-36(26-37)39-22-14-17-35-16-9-10-20-38(35)39)45-32(6)28(2)30(4)34(8)47(45)50(46)41-23-15-25-43-49(41)40-21-11-12-24-42(40)51-43/h9-26H,1-8H3. The van der Waals surface area contributed by atoms with E-state index >= 15 is 0 Å². The van der Waals surface area contributed by atoms with Crippen LogP contribution < -0.4 is 0 Å². The molecule has 0 saturated carbocycles. The summed E-state index contributed by atoms with van der Waals surface area (Å²) in [6.07, 6.45) is 0. The highest BCUT2D eigenvalue weighted by molar-refractivity contribution is 6.28. The molecule has 8 aromatic carbocycles. The van der Waals surface area contributed by atoms with Gasteiger partial charge in [-0.15, -0.1) is 0 Å². The van der Waals surface area contributed by atoms with Gasteiger partial charge in [0, 0.05) is 10.8 Å². The molecule has 0 aliphatic rings. The van der Waals surface area contributed by atoms with E-state index in [1.165, 1.54) is 116 Å². The summed E-state index contributed by atoms with van der Waals surface area (Å²) in [5.74, 6) is 0. The normalized spacial score (nSPS) is 11.9. The molecule has 0 bridgehead atoms. The van der Waals surface area contributed by atoms with Crippen molar-refractivity contribution in [1.29, 1.82) is 0 Å². The van der Waals surface area contributed by atoms with Crippen molar-refractivity contribution in [2.45, 2.75) is 55.4 Å². The van der Waals surface area contributed by atoms with Crippen molar-refractivity contribution in [2.24, 2.45) is 0 Å². The molecule has 1 aromatic heterocycles. The van der Waals surface area contributed by atoms with E-state index < -0.39 is 0 Å². The third-order valence-corrected chi connectivity index (χ3v) is 12.3. The smallest absolute Gasteiger partial charge is 0.136 e. The Morgan fingerprint density at radius 3 is 1.47 bits per heavy atom. The maximum Gasteiger partial charge on any atom is 0.136 e. The van der Waals surface area contributed by atoms with Crippen LogP contribution in [0.5, 0.6) is 0 Å². The van der Waals surface area contributed by atoms with Gasteiger partial charge in [0.05, 0.1) is 0 Å². The number of benzene rings is 8. The first-order valence-corrected chi connectivity index (χ1v) is 18.1. The van der Waals surface area contributed by atoms with Crippen LogP contribution >= 0.6 is 0 Å². The molecule has 0 amide bonds. The minimum absolute atomic E-state index is 0.926. The highest BCUT2D eigenvalue weighted by Gasteiger charge is 2.27. The quantitative estimate of drug-likeness (QED) is 0.172. The van der Waals surface area contributed by atoms with E-state index in [1.807, 2.05) is 0 Å². The number of fused-ring (bicyclic) bond motifs is 6. The van der Waals surface area contributed by atoms with Gasteiger partial charge in [0.15, 0.2) is 0 Å². The van der Waals surface area contributed by atoms with Gasteiger partial charge in [-0.05, 0) is 184 Å². The van der Waals surface area contributed by atoms with Crippen LogP contribution in [0.1, 0.15) is 44.5 Å². The zero-order valence-corrected chi connectivity index (χ0v) is 30.8. The van der Waals surface area contributed by atoms with E-state index in [0.29, 0.717) is 0 Å². The molecule has 0 fully saturated rings. The molecule has 0 N–H and O–H groups in total. The van der Waals surface area contributed by atoms with Crippen LogP contribution in [0.3, 0.4) is 0 Å². The maximum atomic E-state index is 6.51. The first kappa shape index (κ1) is 31.3. The number of aryl methyl sites for hydroxylation is 4. The predicted octanol–water partition coefficient (Wildman–Crippen LogP) is 14.5. The van der Waals surface area contributed by atoms with Crippen molar-refractivity contribution in [3.8, 4) is 33.4 Å². The van der Waals surface area contributed by atoms with Gasteiger partial charge in [-0.2, -0.15) is 0 Å². The lowest BCUT2D eigenvalue weighted by Crippen LogP contribution is -2.04. The predicted molar refractivity (Wildman–Crippen MR) is 220 cm³/mol. The highest BCUT2D eigenvalue weighted by atomic mass is 16.3. The van der Waals surface area contributed by atoms with Gasteiger partial charge < -0.3 is 4.42 Å². The van der Waals surface area contributed by atoms with Crippen molar-refractivity contribution in [1.82, 2.24) is 0 Å². The highest BCUT2D eigenvalue weighted by Crippen LogP contribution is 2.52. The van der Waals surface area contributed by atoms with Gasteiger partial charge in [0.2, 0.25) is 0 Å². The molecule has 9 aromatic rings. The molecular formula is C50H42O. The minimum atomic E-state index is 0.926. The zero-order chi connectivity index (χ0) is 35.3. The summed E-state index contributed by atoms with van der Waals surface area (Å²) in [5.41, 5.74) is 20.3. The van der Waals surface area contributed by atoms with Crippen molar-refractivity contribution in [3.05, 3.63) is 154 Å². The number of para-hydroxylation sites is 1.